The lowest BCUT2D eigenvalue weighted by atomic mass is 10.0. The minimum Gasteiger partial charge on any atom is -0.481 e. The van der Waals surface area contributed by atoms with Crippen LogP contribution in [0.1, 0.15) is 34.2 Å². The summed E-state index contributed by atoms with van der Waals surface area (Å²) in [7, 11) is 0. The molecule has 0 amide bonds. The number of aryl methyl sites for hydroxylation is 2. The molecule has 5 nitrogen and oxygen atoms in total. The number of aromatic nitrogens is 2. The number of carboxylic acids is 1. The van der Waals surface area contributed by atoms with Crippen molar-refractivity contribution in [2.24, 2.45) is 0 Å². The van der Waals surface area contributed by atoms with Gasteiger partial charge in [0.05, 0.1) is 17.8 Å². The minimum atomic E-state index is -0.918. The maximum Gasteiger partial charge on any atom is 0.311 e. The van der Waals surface area contributed by atoms with Gasteiger partial charge < -0.3 is 5.11 Å². The van der Waals surface area contributed by atoms with E-state index in [0.717, 1.165) is 4.88 Å². The van der Waals surface area contributed by atoms with Crippen LogP contribution in [0.3, 0.4) is 0 Å². The molecule has 1 N–H and O–H groups in total. The van der Waals surface area contributed by atoms with Crippen LogP contribution in [0.5, 0.6) is 0 Å². The van der Waals surface area contributed by atoms with Gasteiger partial charge in [0.15, 0.2) is 0 Å². The molecule has 128 valence electrons. The number of halogens is 1. The first-order chi connectivity index (χ1) is 12.0. The standard InChI is InChI=1S/C18H15FN2O3S/c1-9-20-16-15(14-11(18(23)24)6-7-13(14)25-16)17(22)21(9)8-10-4-2-3-5-12(10)19/h2-5,11H,6-8H2,1H3,(H,23,24). The Hall–Kier alpha value is -2.54. The number of fused-ring (bicyclic) bond motifs is 3. The molecule has 0 saturated carbocycles. The average molecular weight is 358 g/mol. The fourth-order valence-electron chi connectivity index (χ4n) is 3.46. The Labute approximate surface area is 146 Å². The molecule has 0 spiro atoms. The van der Waals surface area contributed by atoms with Gasteiger partial charge in [-0.05, 0) is 31.4 Å². The summed E-state index contributed by atoms with van der Waals surface area (Å²) in [6.45, 7) is 1.78. The Bertz CT molecular complexity index is 1070. The number of hydrogen-bond acceptors (Lipinski definition) is 4. The molecule has 2 aromatic heterocycles. The molecule has 1 unspecified atom stereocenters. The van der Waals surface area contributed by atoms with Gasteiger partial charge in [-0.2, -0.15) is 0 Å². The minimum absolute atomic E-state index is 0.0721. The molecule has 3 aromatic rings. The summed E-state index contributed by atoms with van der Waals surface area (Å²) in [4.78, 5) is 30.6. The van der Waals surface area contributed by atoms with Crippen LogP contribution in [0, 0.1) is 12.7 Å². The fourth-order valence-corrected chi connectivity index (χ4v) is 4.74. The van der Waals surface area contributed by atoms with Crippen LogP contribution in [-0.4, -0.2) is 20.6 Å². The molecule has 7 heteroatoms. The molecule has 1 atom stereocenters. The Kier molecular flexibility index (Phi) is 3.68. The third-order valence-corrected chi connectivity index (χ3v) is 5.87. The molecule has 1 aliphatic rings. The Balaban J connectivity index is 1.92. The van der Waals surface area contributed by atoms with Crippen molar-refractivity contribution >= 4 is 27.5 Å². The Morgan fingerprint density at radius 2 is 2.20 bits per heavy atom. The first-order valence-corrected chi connectivity index (χ1v) is 8.78. The van der Waals surface area contributed by atoms with Crippen LogP contribution >= 0.6 is 11.3 Å². The van der Waals surface area contributed by atoms with E-state index in [1.165, 1.54) is 22.0 Å². The van der Waals surface area contributed by atoms with Crippen LogP contribution in [0.25, 0.3) is 10.2 Å². The number of nitrogens with zero attached hydrogens (tertiary/aromatic N) is 2. The van der Waals surface area contributed by atoms with E-state index >= 15 is 0 Å². The first-order valence-electron chi connectivity index (χ1n) is 7.96. The zero-order chi connectivity index (χ0) is 17.7. The van der Waals surface area contributed by atoms with Crippen molar-refractivity contribution < 1.29 is 14.3 Å². The van der Waals surface area contributed by atoms with Crippen molar-refractivity contribution in [2.45, 2.75) is 32.2 Å². The van der Waals surface area contributed by atoms with Crippen molar-refractivity contribution in [3.63, 3.8) is 0 Å². The molecule has 2 heterocycles. The highest BCUT2D eigenvalue weighted by Crippen LogP contribution is 2.42. The number of aliphatic carboxylic acids is 1. The van der Waals surface area contributed by atoms with E-state index in [1.54, 1.807) is 25.1 Å². The maximum absolute atomic E-state index is 14.0. The van der Waals surface area contributed by atoms with Gasteiger partial charge >= 0.3 is 5.97 Å². The number of carboxylic acid groups (broad SMARTS) is 1. The third kappa shape index (κ3) is 2.46. The first kappa shape index (κ1) is 16.0. The van der Waals surface area contributed by atoms with E-state index in [0.29, 0.717) is 40.0 Å². The summed E-state index contributed by atoms with van der Waals surface area (Å²) in [5.74, 6) is -1.47. The average Bonchev–Trinajstić information content (AvgIpc) is 3.11. The second-order valence-electron chi connectivity index (χ2n) is 6.19. The number of benzene rings is 1. The molecule has 1 aromatic carbocycles. The number of rotatable bonds is 3. The molecular formula is C18H15FN2O3S. The zero-order valence-electron chi connectivity index (χ0n) is 13.5. The number of carbonyl (C=O) groups is 1. The SMILES string of the molecule is Cc1nc2sc3c(c2c(=O)n1Cc1ccccc1F)C(C(=O)O)CC3. The predicted molar refractivity (Wildman–Crippen MR) is 92.8 cm³/mol. The molecule has 0 fully saturated rings. The molecular weight excluding hydrogens is 343 g/mol. The monoisotopic (exact) mass is 358 g/mol. The summed E-state index contributed by atoms with van der Waals surface area (Å²) in [6.07, 6.45) is 1.16. The third-order valence-electron chi connectivity index (χ3n) is 4.71. The smallest absolute Gasteiger partial charge is 0.311 e. The van der Waals surface area contributed by atoms with Gasteiger partial charge in [0.2, 0.25) is 0 Å². The Morgan fingerprint density at radius 3 is 2.92 bits per heavy atom. The normalized spacial score (nSPS) is 16.3. The summed E-state index contributed by atoms with van der Waals surface area (Å²) < 4.78 is 15.4. The van der Waals surface area contributed by atoms with E-state index in [9.17, 15) is 19.1 Å². The van der Waals surface area contributed by atoms with Gasteiger partial charge in [-0.1, -0.05) is 18.2 Å². The number of thiophene rings is 1. The van der Waals surface area contributed by atoms with E-state index in [2.05, 4.69) is 4.98 Å². The van der Waals surface area contributed by atoms with E-state index in [1.807, 2.05) is 0 Å². The Morgan fingerprint density at radius 1 is 1.44 bits per heavy atom. The lowest BCUT2D eigenvalue weighted by Gasteiger charge is -2.11. The van der Waals surface area contributed by atoms with Gasteiger partial charge in [0.25, 0.3) is 5.56 Å². The molecule has 0 aliphatic heterocycles. The maximum atomic E-state index is 14.0. The van der Waals surface area contributed by atoms with Crippen molar-refractivity contribution in [2.75, 3.05) is 0 Å². The highest BCUT2D eigenvalue weighted by atomic mass is 32.1. The highest BCUT2D eigenvalue weighted by molar-refractivity contribution is 7.18. The summed E-state index contributed by atoms with van der Waals surface area (Å²) in [5.41, 5.74) is 0.708. The van der Waals surface area contributed by atoms with Gasteiger partial charge in [0, 0.05) is 10.4 Å². The molecule has 25 heavy (non-hydrogen) atoms. The summed E-state index contributed by atoms with van der Waals surface area (Å²) >= 11 is 1.39. The van der Waals surface area contributed by atoms with Crippen molar-refractivity contribution in [3.05, 3.63) is 62.3 Å². The van der Waals surface area contributed by atoms with Gasteiger partial charge in [-0.25, -0.2) is 9.37 Å². The second kappa shape index (κ2) is 5.77. The lowest BCUT2D eigenvalue weighted by Crippen LogP contribution is -2.25. The zero-order valence-corrected chi connectivity index (χ0v) is 14.3. The van der Waals surface area contributed by atoms with E-state index in [-0.39, 0.29) is 17.9 Å². The molecule has 1 aliphatic carbocycles. The quantitative estimate of drug-likeness (QED) is 0.781. The van der Waals surface area contributed by atoms with Gasteiger partial charge in [0.1, 0.15) is 16.5 Å². The predicted octanol–water partition coefficient (Wildman–Crippen LogP) is 3.07. The van der Waals surface area contributed by atoms with Crippen LogP contribution in [0.15, 0.2) is 29.1 Å². The van der Waals surface area contributed by atoms with Crippen LogP contribution < -0.4 is 5.56 Å². The van der Waals surface area contributed by atoms with Crippen molar-refractivity contribution in [3.8, 4) is 0 Å². The van der Waals surface area contributed by atoms with E-state index < -0.39 is 11.9 Å². The van der Waals surface area contributed by atoms with Gasteiger partial charge in [-0.3, -0.25) is 14.2 Å². The van der Waals surface area contributed by atoms with E-state index in [4.69, 9.17) is 0 Å². The van der Waals surface area contributed by atoms with Crippen molar-refractivity contribution in [1.29, 1.82) is 0 Å². The topological polar surface area (TPSA) is 72.2 Å². The van der Waals surface area contributed by atoms with Crippen LogP contribution in [0.4, 0.5) is 4.39 Å². The number of hydrogen-bond donors (Lipinski definition) is 1. The van der Waals surface area contributed by atoms with Crippen LogP contribution in [-0.2, 0) is 17.8 Å². The fraction of sp³-hybridized carbons (Fsp3) is 0.278. The molecule has 4 rings (SSSR count). The molecule has 0 radical (unpaired) electrons. The van der Waals surface area contributed by atoms with Crippen LogP contribution in [0.2, 0.25) is 0 Å². The highest BCUT2D eigenvalue weighted by Gasteiger charge is 2.34. The molecule has 0 saturated heterocycles. The second-order valence-corrected chi connectivity index (χ2v) is 7.27. The largest absolute Gasteiger partial charge is 0.481 e. The molecule has 0 bridgehead atoms. The summed E-state index contributed by atoms with van der Waals surface area (Å²) in [5, 5.41) is 9.83. The van der Waals surface area contributed by atoms with Gasteiger partial charge in [-0.15, -0.1) is 11.3 Å². The summed E-state index contributed by atoms with van der Waals surface area (Å²) in [6, 6.07) is 6.29. The van der Waals surface area contributed by atoms with Crippen molar-refractivity contribution in [1.82, 2.24) is 9.55 Å². The lowest BCUT2D eigenvalue weighted by molar-refractivity contribution is -0.138.